The van der Waals surface area contributed by atoms with E-state index in [4.69, 9.17) is 21.1 Å². The molecule has 4 fully saturated rings. The maximum absolute atomic E-state index is 15.4. The molecule has 1 saturated carbocycles. The molecule has 2 N–H and O–H groups in total. The number of methoxy groups -OCH3 is 1. The quantitative estimate of drug-likeness (QED) is 0.166. The molecule has 0 spiro atoms. The minimum Gasteiger partial charge on any atom is -0.508 e. The van der Waals surface area contributed by atoms with Crippen LogP contribution in [0.5, 0.6) is 11.5 Å². The lowest BCUT2D eigenvalue weighted by atomic mass is 9.49. The Bertz CT molecular complexity index is 2280. The van der Waals surface area contributed by atoms with Gasteiger partial charge in [-0.05, 0) is 97.1 Å². The molecule has 11 nitrogen and oxygen atoms in total. The molecule has 5 aliphatic rings. The monoisotopic (exact) mass is 776 g/mol. The number of fused-ring (bicyclic) bond motifs is 4. The number of morpholine rings is 1. The predicted molar refractivity (Wildman–Crippen MR) is 206 cm³/mol. The topological polar surface area (TPSA) is 129 Å². The van der Waals surface area contributed by atoms with Crippen LogP contribution in [0, 0.1) is 29.5 Å². The third-order valence-corrected chi connectivity index (χ3v) is 12.5. The van der Waals surface area contributed by atoms with Gasteiger partial charge in [0.15, 0.2) is 0 Å². The van der Waals surface area contributed by atoms with E-state index in [0.29, 0.717) is 40.7 Å². The number of phenolic OH excluding ortho intramolecular Hbond substituents is 1. The molecule has 9 rings (SSSR count). The zero-order chi connectivity index (χ0) is 38.9. The number of phenols is 1. The van der Waals surface area contributed by atoms with E-state index in [1.54, 1.807) is 48.5 Å². The van der Waals surface area contributed by atoms with Crippen LogP contribution in [-0.4, -0.2) is 67.2 Å². The molecule has 0 unspecified atom stereocenters. The van der Waals surface area contributed by atoms with E-state index in [9.17, 15) is 23.9 Å². The molecule has 0 aromatic heterocycles. The molecule has 0 radical (unpaired) electrons. The first-order chi connectivity index (χ1) is 27.1. The number of allylic oxidation sites excluding steroid dienone is 2. The summed E-state index contributed by atoms with van der Waals surface area (Å²) in [6.07, 6.45) is 2.17. The number of halogens is 2. The standard InChI is InChI=1S/C43H38ClFN4O7/c1-55-35-4-2-3-34(50)37(35)38-30-17-18-31-36(41(53)48(39(31)51)29-15-13-28(14-16-29)47-19-21-56-22-20-47)32(30)23-33-40(52)49(46-27-11-9-26(45)10-12-27)42(54)43(33,38)24-5-7-25(44)8-6-24/h2-17,31-33,36,38,46,50H,18-23H2,1H3/t31-,32+,33-,36-,38+,43+/m0/s1. The van der Waals surface area contributed by atoms with E-state index >= 15 is 4.79 Å². The van der Waals surface area contributed by atoms with Crippen LogP contribution in [0.2, 0.25) is 5.02 Å². The molecule has 4 amide bonds. The molecule has 3 saturated heterocycles. The van der Waals surface area contributed by atoms with Crippen molar-refractivity contribution in [2.24, 2.45) is 23.7 Å². The predicted octanol–water partition coefficient (Wildman–Crippen LogP) is 6.22. The number of rotatable bonds is 7. The molecule has 4 aromatic rings. The summed E-state index contributed by atoms with van der Waals surface area (Å²) < 4.78 is 25.3. The largest absolute Gasteiger partial charge is 0.508 e. The molecular formula is C43H38ClFN4O7. The Morgan fingerprint density at radius 1 is 0.857 bits per heavy atom. The fourth-order valence-corrected chi connectivity index (χ4v) is 9.98. The van der Waals surface area contributed by atoms with E-state index in [2.05, 4.69) is 10.3 Å². The first-order valence-corrected chi connectivity index (χ1v) is 19.0. The van der Waals surface area contributed by atoms with E-state index in [0.717, 1.165) is 23.8 Å². The zero-order valence-electron chi connectivity index (χ0n) is 30.4. The molecule has 4 aromatic carbocycles. The maximum atomic E-state index is 15.4. The Kier molecular flexibility index (Phi) is 8.85. The number of ether oxygens (including phenoxy) is 2. The van der Waals surface area contributed by atoms with E-state index < -0.39 is 52.6 Å². The van der Waals surface area contributed by atoms with E-state index in [-0.39, 0.29) is 41.7 Å². The second-order valence-corrected chi connectivity index (χ2v) is 15.3. The average molecular weight is 777 g/mol. The number of amides is 4. The molecular weight excluding hydrogens is 739 g/mol. The van der Waals surface area contributed by atoms with Gasteiger partial charge in [0.2, 0.25) is 11.8 Å². The van der Waals surface area contributed by atoms with Crippen LogP contribution in [0.3, 0.4) is 0 Å². The number of hydrazine groups is 1. The third-order valence-electron chi connectivity index (χ3n) is 12.3. The van der Waals surface area contributed by atoms with Crippen LogP contribution < -0.4 is 20.0 Å². The number of benzene rings is 4. The molecule has 286 valence electrons. The summed E-state index contributed by atoms with van der Waals surface area (Å²) in [6, 6.07) is 24.2. The maximum Gasteiger partial charge on any atom is 0.260 e. The number of carbonyl (C=O) groups is 4. The summed E-state index contributed by atoms with van der Waals surface area (Å²) in [5.74, 6) is -6.55. The minimum absolute atomic E-state index is 0.0526. The fraction of sp³-hybridized carbons (Fsp3) is 0.302. The van der Waals surface area contributed by atoms with Crippen molar-refractivity contribution in [1.82, 2.24) is 5.01 Å². The number of carbonyl (C=O) groups excluding carboxylic acids is 4. The van der Waals surface area contributed by atoms with Gasteiger partial charge in [0.25, 0.3) is 11.8 Å². The number of anilines is 3. The number of nitrogens with one attached hydrogen (secondary N) is 1. The van der Waals surface area contributed by atoms with Crippen molar-refractivity contribution >= 4 is 52.3 Å². The fourth-order valence-electron chi connectivity index (χ4n) is 9.86. The van der Waals surface area contributed by atoms with Gasteiger partial charge in [0.1, 0.15) is 17.3 Å². The molecule has 3 heterocycles. The molecule has 56 heavy (non-hydrogen) atoms. The third kappa shape index (κ3) is 5.41. The normalized spacial score (nSPS) is 27.2. The molecule has 3 aliphatic heterocycles. The van der Waals surface area contributed by atoms with Gasteiger partial charge >= 0.3 is 0 Å². The SMILES string of the molecule is COc1cccc(O)c1[C@H]1C2=CC[C@@H]3C(=O)N(c4ccc(N5CCOCC5)cc4)C(=O)[C@@H]3[C@@H]2C[C@H]2C(=O)N(Nc3ccc(F)cc3)C(=O)[C@@]12c1ccc(Cl)cc1. The number of hydrogen-bond acceptors (Lipinski definition) is 9. The zero-order valence-corrected chi connectivity index (χ0v) is 31.1. The van der Waals surface area contributed by atoms with Crippen LogP contribution in [0.1, 0.15) is 29.9 Å². The molecule has 0 bridgehead atoms. The van der Waals surface area contributed by atoms with Gasteiger partial charge in [-0.1, -0.05) is 41.4 Å². The van der Waals surface area contributed by atoms with E-state index in [1.807, 2.05) is 18.2 Å². The van der Waals surface area contributed by atoms with Crippen molar-refractivity contribution in [3.63, 3.8) is 0 Å². The van der Waals surface area contributed by atoms with Gasteiger partial charge in [-0.25, -0.2) is 4.39 Å². The van der Waals surface area contributed by atoms with Crippen molar-refractivity contribution in [2.45, 2.75) is 24.2 Å². The first kappa shape index (κ1) is 35.9. The lowest BCUT2D eigenvalue weighted by Crippen LogP contribution is -2.53. The Balaban J connectivity index is 1.18. The molecule has 6 atom stereocenters. The van der Waals surface area contributed by atoms with Crippen molar-refractivity contribution in [1.29, 1.82) is 0 Å². The molecule has 13 heteroatoms. The van der Waals surface area contributed by atoms with Crippen molar-refractivity contribution in [3.8, 4) is 11.5 Å². The Morgan fingerprint density at radius 2 is 1.55 bits per heavy atom. The highest BCUT2D eigenvalue weighted by molar-refractivity contribution is 6.30. The van der Waals surface area contributed by atoms with E-state index in [1.165, 1.54) is 42.3 Å². The van der Waals surface area contributed by atoms with Gasteiger partial charge in [0.05, 0.1) is 54.9 Å². The lowest BCUT2D eigenvalue weighted by Gasteiger charge is -2.50. The average Bonchev–Trinajstić information content (AvgIpc) is 3.60. The smallest absolute Gasteiger partial charge is 0.260 e. The Hall–Kier alpha value is -5.72. The molecule has 2 aliphatic carbocycles. The Labute approximate surface area is 327 Å². The minimum atomic E-state index is -1.67. The van der Waals surface area contributed by atoms with Crippen LogP contribution in [0.15, 0.2) is 103 Å². The van der Waals surface area contributed by atoms with Gasteiger partial charge in [-0.15, -0.1) is 0 Å². The highest BCUT2D eigenvalue weighted by Gasteiger charge is 2.71. The number of hydrogen-bond donors (Lipinski definition) is 2. The number of aromatic hydroxyl groups is 1. The highest BCUT2D eigenvalue weighted by atomic mass is 35.5. The summed E-state index contributed by atoms with van der Waals surface area (Å²) in [6.45, 7) is 2.71. The van der Waals surface area contributed by atoms with Crippen LogP contribution >= 0.6 is 11.6 Å². The van der Waals surface area contributed by atoms with Crippen molar-refractivity contribution in [2.75, 3.05) is 48.6 Å². The van der Waals surface area contributed by atoms with Crippen LogP contribution in [0.25, 0.3) is 0 Å². The summed E-state index contributed by atoms with van der Waals surface area (Å²) in [5.41, 5.74) is 4.40. The Morgan fingerprint density at radius 3 is 2.25 bits per heavy atom. The summed E-state index contributed by atoms with van der Waals surface area (Å²) >= 11 is 6.39. The lowest BCUT2D eigenvalue weighted by molar-refractivity contribution is -0.138. The second-order valence-electron chi connectivity index (χ2n) is 14.9. The van der Waals surface area contributed by atoms with Crippen molar-refractivity contribution < 1.29 is 38.1 Å². The van der Waals surface area contributed by atoms with Gasteiger partial charge in [0, 0.05) is 35.3 Å². The van der Waals surface area contributed by atoms with Gasteiger partial charge in [-0.2, -0.15) is 5.01 Å². The summed E-state index contributed by atoms with van der Waals surface area (Å²) in [4.78, 5) is 62.7. The number of imide groups is 2. The summed E-state index contributed by atoms with van der Waals surface area (Å²) in [5, 5.41) is 13.1. The van der Waals surface area contributed by atoms with Crippen molar-refractivity contribution in [3.05, 3.63) is 125 Å². The number of nitrogens with zero attached hydrogens (tertiary/aromatic N) is 3. The first-order valence-electron chi connectivity index (χ1n) is 18.7. The van der Waals surface area contributed by atoms with Crippen LogP contribution in [0.4, 0.5) is 21.5 Å². The van der Waals surface area contributed by atoms with Gasteiger partial charge < -0.3 is 19.5 Å². The highest BCUT2D eigenvalue weighted by Crippen LogP contribution is 2.66. The summed E-state index contributed by atoms with van der Waals surface area (Å²) in [7, 11) is 1.46. The second kappa shape index (κ2) is 13.8. The van der Waals surface area contributed by atoms with Gasteiger partial charge in [-0.3, -0.25) is 29.5 Å². The van der Waals surface area contributed by atoms with Crippen LogP contribution in [-0.2, 0) is 29.3 Å².